The van der Waals surface area contributed by atoms with Gasteiger partial charge in [0.1, 0.15) is 16.1 Å². The third-order valence-corrected chi connectivity index (χ3v) is 11.4. The number of fused-ring (bicyclic) bond motifs is 1. The first-order chi connectivity index (χ1) is 18.8. The monoisotopic (exact) mass is 607 g/mol. The van der Waals surface area contributed by atoms with Crippen LogP contribution < -0.4 is 9.46 Å². The van der Waals surface area contributed by atoms with Gasteiger partial charge in [-0.15, -0.1) is 11.3 Å². The molecule has 0 aliphatic carbocycles. The predicted octanol–water partition coefficient (Wildman–Crippen LogP) is 3.40. The lowest BCUT2D eigenvalue weighted by molar-refractivity contribution is 0.0387. The van der Waals surface area contributed by atoms with Crippen LogP contribution in [0.25, 0.3) is 0 Å². The molecule has 3 aromatic rings. The van der Waals surface area contributed by atoms with Gasteiger partial charge in [0.15, 0.2) is 0 Å². The zero-order valence-corrected chi connectivity index (χ0v) is 25.1. The number of carbonyl (C=O) groups is 1. The number of sulfonamides is 2. The third-order valence-electron chi connectivity index (χ3n) is 6.84. The smallest absolute Gasteiger partial charge is 0.261 e. The van der Waals surface area contributed by atoms with Crippen LogP contribution in [-0.2, 0) is 20.0 Å². The maximum Gasteiger partial charge on any atom is 0.261 e. The summed E-state index contributed by atoms with van der Waals surface area (Å²) in [4.78, 5) is 15.2. The molecule has 13 heteroatoms. The van der Waals surface area contributed by atoms with E-state index in [1.807, 2.05) is 13.8 Å². The lowest BCUT2D eigenvalue weighted by Gasteiger charge is -2.38. The van der Waals surface area contributed by atoms with E-state index in [9.17, 15) is 26.7 Å². The van der Waals surface area contributed by atoms with Crippen molar-refractivity contribution < 1.29 is 31.5 Å². The van der Waals surface area contributed by atoms with E-state index < -0.39 is 38.1 Å². The number of aliphatic hydroxyl groups excluding tert-OH is 1. The van der Waals surface area contributed by atoms with Gasteiger partial charge >= 0.3 is 0 Å². The number of carbonyl (C=O) groups excluding carboxylic acids is 1. The van der Waals surface area contributed by atoms with Gasteiger partial charge in [-0.1, -0.05) is 30.7 Å². The number of amides is 1. The standard InChI is InChI=1S/C27H33N3O7S3/c1-18-7-10-22(11-8-18)39(33,34)28-21-9-12-24-23(14-21)27(32)30(20(3)17-31)15-19(2)25(37-24)16-29(4)40(35,36)26-6-5-13-38-26/h5-14,19-20,25,28,31H,15-17H2,1-4H3/t19-,20+,25-/m1/s1. The number of thiophene rings is 1. The fourth-order valence-electron chi connectivity index (χ4n) is 4.35. The highest BCUT2D eigenvalue weighted by Gasteiger charge is 2.35. The van der Waals surface area contributed by atoms with Crippen molar-refractivity contribution in [3.8, 4) is 5.75 Å². The van der Waals surface area contributed by atoms with Crippen molar-refractivity contribution >= 4 is 43.0 Å². The van der Waals surface area contributed by atoms with Crippen LogP contribution in [0.3, 0.4) is 0 Å². The second-order valence-corrected chi connectivity index (χ2v) is 14.9. The molecule has 1 amide bonds. The molecule has 0 fully saturated rings. The van der Waals surface area contributed by atoms with Crippen molar-refractivity contribution in [2.24, 2.45) is 5.92 Å². The highest BCUT2D eigenvalue weighted by atomic mass is 32.2. The van der Waals surface area contributed by atoms with Crippen molar-refractivity contribution in [1.82, 2.24) is 9.21 Å². The summed E-state index contributed by atoms with van der Waals surface area (Å²) in [6, 6.07) is 13.4. The Labute approximate surface area is 239 Å². The first-order valence-electron chi connectivity index (χ1n) is 12.7. The summed E-state index contributed by atoms with van der Waals surface area (Å²) in [6.07, 6.45) is -0.643. The number of benzene rings is 2. The number of nitrogens with zero attached hydrogens (tertiary/aromatic N) is 2. The molecule has 2 aromatic carbocycles. The van der Waals surface area contributed by atoms with E-state index >= 15 is 0 Å². The summed E-state index contributed by atoms with van der Waals surface area (Å²) in [5.74, 6) is -0.540. The summed E-state index contributed by atoms with van der Waals surface area (Å²) in [6.45, 7) is 5.34. The molecule has 0 spiro atoms. The topological polar surface area (TPSA) is 133 Å². The Morgan fingerprint density at radius 1 is 1.15 bits per heavy atom. The second-order valence-electron chi connectivity index (χ2n) is 9.97. The Kier molecular flexibility index (Phi) is 8.90. The maximum absolute atomic E-state index is 13.7. The molecule has 0 saturated heterocycles. The molecule has 10 nitrogen and oxygen atoms in total. The number of likely N-dealkylation sites (N-methyl/N-ethyl adjacent to an activating group) is 1. The van der Waals surface area contributed by atoms with E-state index in [1.165, 1.54) is 52.7 Å². The molecule has 0 unspecified atom stereocenters. The minimum absolute atomic E-state index is 0.0121. The first-order valence-corrected chi connectivity index (χ1v) is 16.5. The van der Waals surface area contributed by atoms with E-state index in [0.29, 0.717) is 0 Å². The molecule has 4 rings (SSSR count). The Morgan fingerprint density at radius 2 is 1.85 bits per heavy atom. The number of rotatable bonds is 9. The van der Waals surface area contributed by atoms with Crippen LogP contribution in [0.1, 0.15) is 29.8 Å². The van der Waals surface area contributed by atoms with Crippen molar-refractivity contribution in [1.29, 1.82) is 0 Å². The molecule has 40 heavy (non-hydrogen) atoms. The molecular formula is C27H33N3O7S3. The number of hydrogen-bond acceptors (Lipinski definition) is 8. The number of aliphatic hydroxyl groups is 1. The molecule has 3 atom stereocenters. The average molecular weight is 608 g/mol. The Balaban J connectivity index is 1.68. The van der Waals surface area contributed by atoms with E-state index in [0.717, 1.165) is 16.9 Å². The summed E-state index contributed by atoms with van der Waals surface area (Å²) < 4.78 is 62.3. The number of ether oxygens (including phenoxy) is 1. The summed E-state index contributed by atoms with van der Waals surface area (Å²) >= 11 is 1.12. The largest absolute Gasteiger partial charge is 0.488 e. The van der Waals surface area contributed by atoms with Gasteiger partial charge in [0.25, 0.3) is 26.0 Å². The van der Waals surface area contributed by atoms with Crippen LogP contribution >= 0.6 is 11.3 Å². The van der Waals surface area contributed by atoms with Gasteiger partial charge in [0.2, 0.25) is 0 Å². The fourth-order valence-corrected chi connectivity index (χ4v) is 7.78. The lowest BCUT2D eigenvalue weighted by Crippen LogP contribution is -2.50. The molecule has 0 bridgehead atoms. The van der Waals surface area contributed by atoms with Crippen molar-refractivity contribution in [3.63, 3.8) is 0 Å². The Morgan fingerprint density at radius 3 is 2.48 bits per heavy atom. The van der Waals surface area contributed by atoms with Gasteiger partial charge in [-0.25, -0.2) is 16.8 Å². The van der Waals surface area contributed by atoms with E-state index in [2.05, 4.69) is 4.72 Å². The molecule has 2 heterocycles. The van der Waals surface area contributed by atoms with Crippen LogP contribution in [0, 0.1) is 12.8 Å². The van der Waals surface area contributed by atoms with Crippen LogP contribution in [0.5, 0.6) is 5.75 Å². The van der Waals surface area contributed by atoms with E-state index in [4.69, 9.17) is 4.74 Å². The van der Waals surface area contributed by atoms with Gasteiger partial charge in [-0.2, -0.15) is 4.31 Å². The van der Waals surface area contributed by atoms with Gasteiger partial charge in [-0.05, 0) is 55.6 Å². The molecule has 216 valence electrons. The van der Waals surface area contributed by atoms with Gasteiger partial charge in [0.05, 0.1) is 29.7 Å². The SMILES string of the molecule is Cc1ccc(S(=O)(=O)Nc2ccc3c(c2)C(=O)N([C@@H](C)CO)C[C@@H](C)[C@@H](CN(C)S(=O)(=O)c2cccs2)O3)cc1. The number of aryl methyl sites for hydroxylation is 1. The number of anilines is 1. The van der Waals surface area contributed by atoms with Crippen molar-refractivity contribution in [2.75, 3.05) is 31.5 Å². The maximum atomic E-state index is 13.7. The quantitative estimate of drug-likeness (QED) is 0.381. The average Bonchev–Trinajstić information content (AvgIpc) is 3.47. The van der Waals surface area contributed by atoms with Crippen LogP contribution in [0.15, 0.2) is 69.1 Å². The number of hydrogen-bond donors (Lipinski definition) is 2. The molecule has 1 aliphatic heterocycles. The van der Waals surface area contributed by atoms with Gasteiger partial charge in [0, 0.05) is 25.2 Å². The lowest BCUT2D eigenvalue weighted by atomic mass is 9.99. The normalized spacial score (nSPS) is 18.9. The van der Waals surface area contributed by atoms with E-state index in [-0.39, 0.29) is 51.7 Å². The molecule has 1 aromatic heterocycles. The molecular weight excluding hydrogens is 575 g/mol. The van der Waals surface area contributed by atoms with Gasteiger partial charge in [-0.3, -0.25) is 9.52 Å². The molecule has 0 radical (unpaired) electrons. The Bertz CT molecular complexity index is 1560. The van der Waals surface area contributed by atoms with Crippen LogP contribution in [0.4, 0.5) is 5.69 Å². The van der Waals surface area contributed by atoms with Crippen molar-refractivity contribution in [3.05, 3.63) is 71.1 Å². The predicted molar refractivity (Wildman–Crippen MR) is 154 cm³/mol. The minimum Gasteiger partial charge on any atom is -0.488 e. The highest BCUT2D eigenvalue weighted by molar-refractivity contribution is 7.92. The third kappa shape index (κ3) is 6.33. The fraction of sp³-hybridized carbons (Fsp3) is 0.370. The molecule has 2 N–H and O–H groups in total. The highest BCUT2D eigenvalue weighted by Crippen LogP contribution is 2.32. The molecule has 0 saturated carbocycles. The van der Waals surface area contributed by atoms with Crippen LogP contribution in [-0.4, -0.2) is 75.9 Å². The van der Waals surface area contributed by atoms with E-state index in [1.54, 1.807) is 30.5 Å². The van der Waals surface area contributed by atoms with Crippen molar-refractivity contribution in [2.45, 2.75) is 42.0 Å². The second kappa shape index (κ2) is 11.9. The van der Waals surface area contributed by atoms with Gasteiger partial charge < -0.3 is 14.7 Å². The van der Waals surface area contributed by atoms with Crippen LogP contribution in [0.2, 0.25) is 0 Å². The Hall–Kier alpha value is -2.97. The first kappa shape index (κ1) is 30.0. The zero-order valence-electron chi connectivity index (χ0n) is 22.6. The zero-order chi connectivity index (χ0) is 29.2. The minimum atomic E-state index is -3.93. The summed E-state index contributed by atoms with van der Waals surface area (Å²) in [5, 5.41) is 11.6. The number of nitrogens with one attached hydrogen (secondary N) is 1. The molecule has 1 aliphatic rings. The summed E-state index contributed by atoms with van der Waals surface area (Å²) in [5.41, 5.74) is 1.18. The summed E-state index contributed by atoms with van der Waals surface area (Å²) in [7, 11) is -6.19.